The molecule has 1 aliphatic rings. The highest BCUT2D eigenvalue weighted by Crippen LogP contribution is 2.35. The summed E-state index contributed by atoms with van der Waals surface area (Å²) in [6, 6.07) is 22.4. The maximum absolute atomic E-state index is 9.73. The summed E-state index contributed by atoms with van der Waals surface area (Å²) in [6.07, 6.45) is 2.48. The van der Waals surface area contributed by atoms with Crippen molar-refractivity contribution in [3.05, 3.63) is 83.4 Å². The molecule has 204 valence electrons. The van der Waals surface area contributed by atoms with Crippen molar-refractivity contribution in [3.63, 3.8) is 0 Å². The third-order valence-electron chi connectivity index (χ3n) is 7.34. The van der Waals surface area contributed by atoms with E-state index in [4.69, 9.17) is 9.47 Å². The highest BCUT2D eigenvalue weighted by Gasteiger charge is 2.19. The zero-order chi connectivity index (χ0) is 26.7. The first-order chi connectivity index (χ1) is 18.6. The van der Waals surface area contributed by atoms with Crippen LogP contribution in [0.25, 0.3) is 11.1 Å². The smallest absolute Gasteiger partial charge is 0.122 e. The largest absolute Gasteiger partial charge is 0.493 e. The standard InChI is InChI=1S/C32H42N2O4/c1-24-28(29-13-7-15-32(25(29)2)38-21-9-18-34-19-16-27(36)22-34)12-6-14-31(24)37-20-8-17-33-30(23-35)26-10-4-3-5-11-26/h3-7,10-15,27,30,33,35-36H,8-9,16-23H2,1-2H3/t27?,30-/m0/s1. The first kappa shape index (κ1) is 28.1. The predicted molar refractivity (Wildman–Crippen MR) is 153 cm³/mol. The number of nitrogens with zero attached hydrogens (tertiary/aromatic N) is 1. The highest BCUT2D eigenvalue weighted by molar-refractivity contribution is 5.74. The van der Waals surface area contributed by atoms with Crippen molar-refractivity contribution in [1.29, 1.82) is 0 Å². The molecule has 2 atom stereocenters. The Labute approximate surface area is 227 Å². The molecule has 1 heterocycles. The summed E-state index contributed by atoms with van der Waals surface area (Å²) in [7, 11) is 0. The summed E-state index contributed by atoms with van der Waals surface area (Å²) in [5.74, 6) is 1.81. The number of benzene rings is 3. The molecule has 0 spiro atoms. The van der Waals surface area contributed by atoms with E-state index in [1.54, 1.807) is 0 Å². The van der Waals surface area contributed by atoms with Gasteiger partial charge in [0.2, 0.25) is 0 Å². The summed E-state index contributed by atoms with van der Waals surface area (Å²) < 4.78 is 12.3. The molecule has 0 aliphatic carbocycles. The number of hydrogen-bond acceptors (Lipinski definition) is 6. The highest BCUT2D eigenvalue weighted by atomic mass is 16.5. The molecule has 0 aromatic heterocycles. The van der Waals surface area contributed by atoms with Crippen molar-refractivity contribution in [1.82, 2.24) is 10.2 Å². The monoisotopic (exact) mass is 518 g/mol. The Morgan fingerprint density at radius 3 is 2.08 bits per heavy atom. The Morgan fingerprint density at radius 1 is 0.868 bits per heavy atom. The van der Waals surface area contributed by atoms with Crippen LogP contribution in [0.3, 0.4) is 0 Å². The maximum Gasteiger partial charge on any atom is 0.122 e. The minimum Gasteiger partial charge on any atom is -0.493 e. The lowest BCUT2D eigenvalue weighted by molar-refractivity contribution is 0.173. The normalized spacial score (nSPS) is 16.5. The second kappa shape index (κ2) is 14.3. The van der Waals surface area contributed by atoms with Gasteiger partial charge >= 0.3 is 0 Å². The van der Waals surface area contributed by atoms with E-state index in [-0.39, 0.29) is 18.8 Å². The van der Waals surface area contributed by atoms with Crippen LogP contribution in [0.1, 0.15) is 42.0 Å². The van der Waals surface area contributed by atoms with E-state index in [0.717, 1.165) is 84.8 Å². The lowest BCUT2D eigenvalue weighted by Gasteiger charge is -2.18. The Balaban J connectivity index is 1.29. The molecule has 1 saturated heterocycles. The van der Waals surface area contributed by atoms with Gasteiger partial charge in [-0.05, 0) is 79.6 Å². The quantitative estimate of drug-likeness (QED) is 0.264. The second-order valence-corrected chi connectivity index (χ2v) is 10.1. The first-order valence-electron chi connectivity index (χ1n) is 13.8. The van der Waals surface area contributed by atoms with Gasteiger partial charge in [0.15, 0.2) is 0 Å². The Bertz CT molecular complexity index is 1140. The topological polar surface area (TPSA) is 74.2 Å². The summed E-state index contributed by atoms with van der Waals surface area (Å²) in [6.45, 7) is 9.01. The Kier molecular flexibility index (Phi) is 10.6. The van der Waals surface area contributed by atoms with Crippen LogP contribution >= 0.6 is 0 Å². The van der Waals surface area contributed by atoms with Gasteiger partial charge in [0.25, 0.3) is 0 Å². The maximum atomic E-state index is 9.73. The lowest BCUT2D eigenvalue weighted by Crippen LogP contribution is -2.26. The Morgan fingerprint density at radius 2 is 1.50 bits per heavy atom. The van der Waals surface area contributed by atoms with E-state index in [0.29, 0.717) is 13.2 Å². The molecule has 1 unspecified atom stereocenters. The minimum absolute atomic E-state index is 0.0631. The first-order valence-corrected chi connectivity index (χ1v) is 13.8. The van der Waals surface area contributed by atoms with Gasteiger partial charge in [-0.2, -0.15) is 0 Å². The van der Waals surface area contributed by atoms with Crippen LogP contribution in [0.2, 0.25) is 0 Å². The molecular weight excluding hydrogens is 476 g/mol. The predicted octanol–water partition coefficient (Wildman–Crippen LogP) is 4.90. The van der Waals surface area contributed by atoms with Gasteiger partial charge in [-0.15, -0.1) is 0 Å². The summed E-state index contributed by atoms with van der Waals surface area (Å²) in [5, 5.41) is 22.8. The Hall–Kier alpha value is -2.90. The molecule has 6 nitrogen and oxygen atoms in total. The van der Waals surface area contributed by atoms with E-state index in [1.165, 1.54) is 0 Å². The molecular formula is C32H42N2O4. The van der Waals surface area contributed by atoms with Gasteiger partial charge in [-0.3, -0.25) is 0 Å². The van der Waals surface area contributed by atoms with E-state index in [9.17, 15) is 10.2 Å². The number of aliphatic hydroxyl groups excluding tert-OH is 2. The molecule has 38 heavy (non-hydrogen) atoms. The van der Waals surface area contributed by atoms with Gasteiger partial charge in [-0.25, -0.2) is 0 Å². The van der Waals surface area contributed by atoms with Gasteiger partial charge in [0.1, 0.15) is 11.5 Å². The number of rotatable bonds is 14. The van der Waals surface area contributed by atoms with Crippen molar-refractivity contribution in [3.8, 4) is 22.6 Å². The number of nitrogens with one attached hydrogen (secondary N) is 1. The van der Waals surface area contributed by atoms with Gasteiger partial charge in [-0.1, -0.05) is 54.6 Å². The zero-order valence-electron chi connectivity index (χ0n) is 22.7. The van der Waals surface area contributed by atoms with Gasteiger partial charge in [0.05, 0.1) is 32.0 Å². The third-order valence-corrected chi connectivity index (χ3v) is 7.34. The van der Waals surface area contributed by atoms with Crippen molar-refractivity contribution in [2.45, 2.75) is 45.3 Å². The van der Waals surface area contributed by atoms with Gasteiger partial charge in [0, 0.05) is 19.6 Å². The van der Waals surface area contributed by atoms with Crippen molar-refractivity contribution >= 4 is 0 Å². The second-order valence-electron chi connectivity index (χ2n) is 10.1. The lowest BCUT2D eigenvalue weighted by atomic mass is 9.95. The average Bonchev–Trinajstić information content (AvgIpc) is 3.36. The fourth-order valence-electron chi connectivity index (χ4n) is 5.11. The molecule has 3 aromatic carbocycles. The molecule has 3 aromatic rings. The van der Waals surface area contributed by atoms with Gasteiger partial charge < -0.3 is 29.9 Å². The fraction of sp³-hybridized carbons (Fsp3) is 0.438. The SMILES string of the molecule is Cc1c(OCCCN[C@@H](CO)c2ccccc2)cccc1-c1cccc(OCCCN2CCC(O)C2)c1C. The zero-order valence-corrected chi connectivity index (χ0v) is 22.7. The van der Waals surface area contributed by atoms with E-state index in [2.05, 4.69) is 42.3 Å². The summed E-state index contributed by atoms with van der Waals surface area (Å²) in [5.41, 5.74) is 5.64. The van der Waals surface area contributed by atoms with Crippen LogP contribution < -0.4 is 14.8 Å². The molecule has 0 amide bonds. The van der Waals surface area contributed by atoms with Crippen LogP contribution in [0.15, 0.2) is 66.7 Å². The third kappa shape index (κ3) is 7.58. The molecule has 3 N–H and O–H groups in total. The van der Waals surface area contributed by atoms with E-state index >= 15 is 0 Å². The number of β-amino-alcohol motifs (C(OH)–C–C–N with tert-alkyl or cyclic N) is 1. The number of hydrogen-bond donors (Lipinski definition) is 3. The minimum atomic E-state index is -0.173. The van der Waals surface area contributed by atoms with Crippen molar-refractivity contribution < 1.29 is 19.7 Å². The van der Waals surface area contributed by atoms with E-state index < -0.39 is 0 Å². The van der Waals surface area contributed by atoms with Crippen molar-refractivity contribution in [2.24, 2.45) is 0 Å². The van der Waals surface area contributed by atoms with Crippen molar-refractivity contribution in [2.75, 3.05) is 46.0 Å². The molecule has 0 radical (unpaired) electrons. The molecule has 0 bridgehead atoms. The molecule has 6 heteroatoms. The van der Waals surface area contributed by atoms with Crippen LogP contribution in [0.5, 0.6) is 11.5 Å². The van der Waals surface area contributed by atoms with E-state index in [1.807, 2.05) is 48.5 Å². The number of aliphatic hydroxyl groups is 2. The molecule has 4 rings (SSSR count). The summed E-state index contributed by atoms with van der Waals surface area (Å²) in [4.78, 5) is 2.30. The number of ether oxygens (including phenoxy) is 2. The van der Waals surface area contributed by atoms with Crippen LogP contribution in [0, 0.1) is 13.8 Å². The van der Waals surface area contributed by atoms with Crippen LogP contribution in [-0.2, 0) is 0 Å². The summed E-state index contributed by atoms with van der Waals surface area (Å²) >= 11 is 0. The fourth-order valence-corrected chi connectivity index (χ4v) is 5.11. The molecule has 1 fully saturated rings. The van der Waals surface area contributed by atoms with Crippen LogP contribution in [-0.4, -0.2) is 67.2 Å². The molecule has 0 saturated carbocycles. The molecule has 1 aliphatic heterocycles. The van der Waals surface area contributed by atoms with Crippen LogP contribution in [0.4, 0.5) is 0 Å². The average molecular weight is 519 g/mol. The number of likely N-dealkylation sites (tertiary alicyclic amines) is 1.